The Bertz CT molecular complexity index is 296. The zero-order chi connectivity index (χ0) is 12.0. The molecule has 0 saturated carbocycles. The van der Waals surface area contributed by atoms with Crippen molar-refractivity contribution in [3.8, 4) is 0 Å². The Morgan fingerprint density at radius 3 is 2.62 bits per heavy atom. The SMILES string of the molecule is CCOCCOC(c1ccc(C)o1)C(C)N. The van der Waals surface area contributed by atoms with Crippen molar-refractivity contribution in [2.24, 2.45) is 5.73 Å². The van der Waals surface area contributed by atoms with Gasteiger partial charge in [0.15, 0.2) is 0 Å². The molecule has 0 aliphatic carbocycles. The number of furan rings is 1. The summed E-state index contributed by atoms with van der Waals surface area (Å²) in [5.74, 6) is 1.65. The van der Waals surface area contributed by atoms with E-state index in [0.29, 0.717) is 19.8 Å². The van der Waals surface area contributed by atoms with Crippen LogP contribution in [-0.4, -0.2) is 25.9 Å². The van der Waals surface area contributed by atoms with E-state index in [1.54, 1.807) is 0 Å². The fraction of sp³-hybridized carbons (Fsp3) is 0.667. The normalized spacial score (nSPS) is 15.0. The van der Waals surface area contributed by atoms with Crippen LogP contribution in [0.4, 0.5) is 0 Å². The van der Waals surface area contributed by atoms with Gasteiger partial charge in [0.1, 0.15) is 17.6 Å². The van der Waals surface area contributed by atoms with Gasteiger partial charge in [-0.25, -0.2) is 0 Å². The molecule has 0 radical (unpaired) electrons. The van der Waals surface area contributed by atoms with Crippen molar-refractivity contribution >= 4 is 0 Å². The van der Waals surface area contributed by atoms with Crippen molar-refractivity contribution in [3.05, 3.63) is 23.7 Å². The highest BCUT2D eigenvalue weighted by Crippen LogP contribution is 2.22. The third kappa shape index (κ3) is 3.96. The van der Waals surface area contributed by atoms with Gasteiger partial charge in [0.25, 0.3) is 0 Å². The van der Waals surface area contributed by atoms with E-state index in [1.807, 2.05) is 32.9 Å². The lowest BCUT2D eigenvalue weighted by atomic mass is 10.1. The smallest absolute Gasteiger partial charge is 0.134 e. The summed E-state index contributed by atoms with van der Waals surface area (Å²) in [5.41, 5.74) is 5.87. The minimum Gasteiger partial charge on any atom is -0.464 e. The summed E-state index contributed by atoms with van der Waals surface area (Å²) >= 11 is 0. The zero-order valence-electron chi connectivity index (χ0n) is 10.2. The monoisotopic (exact) mass is 227 g/mol. The molecule has 2 atom stereocenters. The van der Waals surface area contributed by atoms with E-state index in [2.05, 4.69) is 0 Å². The molecule has 16 heavy (non-hydrogen) atoms. The number of hydrogen-bond donors (Lipinski definition) is 1. The molecule has 0 aromatic carbocycles. The van der Waals surface area contributed by atoms with Crippen molar-refractivity contribution < 1.29 is 13.9 Å². The van der Waals surface area contributed by atoms with E-state index >= 15 is 0 Å². The molecule has 0 saturated heterocycles. The van der Waals surface area contributed by atoms with E-state index in [4.69, 9.17) is 19.6 Å². The van der Waals surface area contributed by atoms with E-state index in [0.717, 1.165) is 11.5 Å². The molecule has 2 unspecified atom stereocenters. The van der Waals surface area contributed by atoms with Crippen LogP contribution in [0, 0.1) is 6.92 Å². The second-order valence-corrected chi connectivity index (χ2v) is 3.80. The van der Waals surface area contributed by atoms with Crippen LogP contribution < -0.4 is 5.73 Å². The summed E-state index contributed by atoms with van der Waals surface area (Å²) in [6, 6.07) is 3.72. The number of hydrogen-bond acceptors (Lipinski definition) is 4. The molecular weight excluding hydrogens is 206 g/mol. The van der Waals surface area contributed by atoms with Crippen LogP contribution >= 0.6 is 0 Å². The van der Waals surface area contributed by atoms with E-state index in [9.17, 15) is 0 Å². The summed E-state index contributed by atoms with van der Waals surface area (Å²) in [4.78, 5) is 0. The summed E-state index contributed by atoms with van der Waals surface area (Å²) in [6.07, 6.45) is -0.200. The topological polar surface area (TPSA) is 57.6 Å². The van der Waals surface area contributed by atoms with Gasteiger partial charge in [0.05, 0.1) is 13.2 Å². The lowest BCUT2D eigenvalue weighted by molar-refractivity contribution is -0.0121. The third-order valence-electron chi connectivity index (χ3n) is 2.25. The Balaban J connectivity index is 2.48. The van der Waals surface area contributed by atoms with E-state index in [-0.39, 0.29) is 12.1 Å². The van der Waals surface area contributed by atoms with E-state index < -0.39 is 0 Å². The number of nitrogens with two attached hydrogens (primary N) is 1. The molecule has 0 aliphatic heterocycles. The third-order valence-corrected chi connectivity index (χ3v) is 2.25. The van der Waals surface area contributed by atoms with Gasteiger partial charge in [-0.1, -0.05) is 0 Å². The van der Waals surface area contributed by atoms with Gasteiger partial charge in [-0.05, 0) is 32.9 Å². The van der Waals surface area contributed by atoms with Crippen LogP contribution in [0.3, 0.4) is 0 Å². The first-order valence-electron chi connectivity index (χ1n) is 5.66. The summed E-state index contributed by atoms with van der Waals surface area (Å²) in [6.45, 7) is 7.58. The van der Waals surface area contributed by atoms with Crippen molar-refractivity contribution in [3.63, 3.8) is 0 Å². The van der Waals surface area contributed by atoms with Crippen LogP contribution in [0.15, 0.2) is 16.5 Å². The Morgan fingerprint density at radius 1 is 1.38 bits per heavy atom. The molecule has 1 aromatic rings. The largest absolute Gasteiger partial charge is 0.464 e. The first-order chi connectivity index (χ1) is 7.65. The lowest BCUT2D eigenvalue weighted by Gasteiger charge is -2.19. The molecule has 1 heterocycles. The molecule has 0 spiro atoms. The van der Waals surface area contributed by atoms with Crippen molar-refractivity contribution in [1.29, 1.82) is 0 Å². The van der Waals surface area contributed by atoms with Gasteiger partial charge in [-0.3, -0.25) is 0 Å². The molecule has 0 amide bonds. The maximum absolute atomic E-state index is 5.87. The predicted molar refractivity (Wildman–Crippen MR) is 62.3 cm³/mol. The Kier molecular flexibility index (Phi) is 5.52. The molecule has 4 heteroatoms. The summed E-state index contributed by atoms with van der Waals surface area (Å²) in [5, 5.41) is 0. The van der Waals surface area contributed by atoms with Crippen molar-refractivity contribution in [1.82, 2.24) is 0 Å². The molecule has 1 rings (SSSR count). The Labute approximate surface area is 96.7 Å². The highest BCUT2D eigenvalue weighted by molar-refractivity contribution is 5.09. The zero-order valence-corrected chi connectivity index (χ0v) is 10.2. The van der Waals surface area contributed by atoms with Gasteiger partial charge in [-0.2, -0.15) is 0 Å². The molecule has 0 aliphatic rings. The quantitative estimate of drug-likeness (QED) is 0.724. The van der Waals surface area contributed by atoms with Gasteiger partial charge >= 0.3 is 0 Å². The van der Waals surface area contributed by atoms with Crippen LogP contribution in [0.25, 0.3) is 0 Å². The average molecular weight is 227 g/mol. The molecular formula is C12H21NO3. The lowest BCUT2D eigenvalue weighted by Crippen LogP contribution is -2.27. The average Bonchev–Trinajstić information content (AvgIpc) is 2.64. The molecule has 2 N–H and O–H groups in total. The van der Waals surface area contributed by atoms with E-state index in [1.165, 1.54) is 0 Å². The van der Waals surface area contributed by atoms with Crippen LogP contribution in [0.1, 0.15) is 31.5 Å². The van der Waals surface area contributed by atoms with Gasteiger partial charge in [0.2, 0.25) is 0 Å². The molecule has 0 fully saturated rings. The maximum atomic E-state index is 5.87. The van der Waals surface area contributed by atoms with Crippen molar-refractivity contribution in [2.45, 2.75) is 32.9 Å². The highest BCUT2D eigenvalue weighted by Gasteiger charge is 2.20. The minimum absolute atomic E-state index is 0.104. The maximum Gasteiger partial charge on any atom is 0.134 e. The van der Waals surface area contributed by atoms with Crippen molar-refractivity contribution in [2.75, 3.05) is 19.8 Å². The molecule has 4 nitrogen and oxygen atoms in total. The predicted octanol–water partition coefficient (Wildman–Crippen LogP) is 2.03. The van der Waals surface area contributed by atoms with Gasteiger partial charge < -0.3 is 19.6 Å². The van der Waals surface area contributed by atoms with Gasteiger partial charge in [-0.15, -0.1) is 0 Å². The summed E-state index contributed by atoms with van der Waals surface area (Å²) < 4.78 is 16.4. The standard InChI is InChI=1S/C12H21NO3/c1-4-14-7-8-15-12(10(3)13)11-6-5-9(2)16-11/h5-6,10,12H,4,7-8,13H2,1-3H3. The molecule has 0 bridgehead atoms. The first kappa shape index (κ1) is 13.2. The first-order valence-corrected chi connectivity index (χ1v) is 5.66. The number of rotatable bonds is 7. The fourth-order valence-electron chi connectivity index (χ4n) is 1.48. The van der Waals surface area contributed by atoms with Crippen LogP contribution in [0.5, 0.6) is 0 Å². The minimum atomic E-state index is -0.200. The number of ether oxygens (including phenoxy) is 2. The number of aryl methyl sites for hydroxylation is 1. The Morgan fingerprint density at radius 2 is 2.12 bits per heavy atom. The molecule has 1 aromatic heterocycles. The fourth-order valence-corrected chi connectivity index (χ4v) is 1.48. The van der Waals surface area contributed by atoms with Crippen LogP contribution in [-0.2, 0) is 9.47 Å². The highest BCUT2D eigenvalue weighted by atomic mass is 16.5. The van der Waals surface area contributed by atoms with Crippen LogP contribution in [0.2, 0.25) is 0 Å². The summed E-state index contributed by atoms with van der Waals surface area (Å²) in [7, 11) is 0. The Hall–Kier alpha value is -0.840. The second-order valence-electron chi connectivity index (χ2n) is 3.80. The second kappa shape index (κ2) is 6.68. The van der Waals surface area contributed by atoms with Gasteiger partial charge in [0, 0.05) is 12.6 Å². The molecule has 92 valence electrons.